The maximum absolute atomic E-state index is 11.8. The van der Waals surface area contributed by atoms with E-state index < -0.39 is 11.0 Å². The second-order valence-electron chi connectivity index (χ2n) is 4.24. The number of hydrogen-bond donors (Lipinski definition) is 1. The molecule has 0 bridgehead atoms. The number of nitrogens with one attached hydrogen (secondary N) is 1. The van der Waals surface area contributed by atoms with Crippen molar-refractivity contribution in [1.29, 1.82) is 0 Å². The number of nitro groups is 1. The van der Waals surface area contributed by atoms with Crippen molar-refractivity contribution < 1.29 is 9.72 Å². The van der Waals surface area contributed by atoms with Gasteiger partial charge in [0.15, 0.2) is 17.0 Å². The second kappa shape index (κ2) is 5.44. The Hall–Kier alpha value is -2.55. The van der Waals surface area contributed by atoms with Crippen molar-refractivity contribution >= 4 is 40.7 Å². The number of benzene rings is 1. The van der Waals surface area contributed by atoms with Crippen molar-refractivity contribution in [3.8, 4) is 0 Å². The van der Waals surface area contributed by atoms with E-state index in [1.54, 1.807) is 18.2 Å². The smallest absolute Gasteiger partial charge is 0.273 e. The molecule has 8 nitrogen and oxygen atoms in total. The van der Waals surface area contributed by atoms with Gasteiger partial charge in [-0.15, -0.1) is 0 Å². The molecule has 2 heterocycles. The summed E-state index contributed by atoms with van der Waals surface area (Å²) in [6, 6.07) is 5.80. The van der Waals surface area contributed by atoms with Crippen molar-refractivity contribution in [2.75, 3.05) is 0 Å². The summed E-state index contributed by atoms with van der Waals surface area (Å²) < 4.78 is 0. The van der Waals surface area contributed by atoms with Gasteiger partial charge < -0.3 is 5.32 Å². The molecule has 3 rings (SSSR count). The van der Waals surface area contributed by atoms with Gasteiger partial charge in [-0.05, 0) is 0 Å². The number of thioether (sulfide) groups is 1. The van der Waals surface area contributed by atoms with Crippen LogP contribution in [-0.2, 0) is 10.5 Å². The van der Waals surface area contributed by atoms with E-state index in [2.05, 4.69) is 20.3 Å². The van der Waals surface area contributed by atoms with Crippen molar-refractivity contribution in [2.24, 2.45) is 15.0 Å². The molecule has 9 heteroatoms. The van der Waals surface area contributed by atoms with Crippen LogP contribution in [0.4, 0.5) is 5.69 Å². The highest BCUT2D eigenvalue weighted by atomic mass is 32.2. The molecule has 1 unspecified atom stereocenters. The molecule has 1 aromatic rings. The van der Waals surface area contributed by atoms with Crippen LogP contribution in [0.5, 0.6) is 0 Å². The van der Waals surface area contributed by atoms with Crippen LogP contribution >= 0.6 is 11.8 Å². The van der Waals surface area contributed by atoms with E-state index in [-0.39, 0.29) is 11.6 Å². The number of amidine groups is 2. The molecule has 0 spiro atoms. The van der Waals surface area contributed by atoms with Crippen molar-refractivity contribution in [3.63, 3.8) is 0 Å². The fourth-order valence-electron chi connectivity index (χ4n) is 1.90. The Morgan fingerprint density at radius 3 is 3.00 bits per heavy atom. The van der Waals surface area contributed by atoms with Gasteiger partial charge in [0.25, 0.3) is 11.6 Å². The zero-order valence-electron chi connectivity index (χ0n) is 10.6. The lowest BCUT2D eigenvalue weighted by Gasteiger charge is -2.16. The predicted molar refractivity (Wildman–Crippen MR) is 79.7 cm³/mol. The third-order valence-corrected chi connectivity index (χ3v) is 3.82. The fraction of sp³-hybridized carbons (Fsp3) is 0.167. The van der Waals surface area contributed by atoms with E-state index in [1.807, 2.05) is 0 Å². The Morgan fingerprint density at radius 1 is 1.38 bits per heavy atom. The predicted octanol–water partition coefficient (Wildman–Crippen LogP) is 1.12. The molecule has 2 aliphatic rings. The lowest BCUT2D eigenvalue weighted by Crippen LogP contribution is -2.44. The molecule has 1 N–H and O–H groups in total. The molecule has 0 saturated heterocycles. The molecule has 0 aromatic heterocycles. The maximum atomic E-state index is 11.8. The fourth-order valence-corrected chi connectivity index (χ4v) is 2.77. The monoisotopic (exact) mass is 303 g/mol. The quantitative estimate of drug-likeness (QED) is 0.666. The largest absolute Gasteiger partial charge is 0.303 e. The third kappa shape index (κ3) is 2.68. The summed E-state index contributed by atoms with van der Waals surface area (Å²) in [6.45, 7) is 0. The van der Waals surface area contributed by atoms with E-state index in [9.17, 15) is 14.9 Å². The summed E-state index contributed by atoms with van der Waals surface area (Å²) in [5.74, 6) is 0.390. The van der Waals surface area contributed by atoms with Crippen LogP contribution in [0.25, 0.3) is 0 Å². The van der Waals surface area contributed by atoms with Crippen LogP contribution < -0.4 is 5.32 Å². The summed E-state index contributed by atoms with van der Waals surface area (Å²) in [4.78, 5) is 34.3. The first kappa shape index (κ1) is 13.4. The number of rotatable bonds is 3. The van der Waals surface area contributed by atoms with Crippen LogP contribution in [0.1, 0.15) is 5.56 Å². The van der Waals surface area contributed by atoms with Crippen LogP contribution in [0.2, 0.25) is 0 Å². The number of aliphatic imine (C=N–C) groups is 3. The van der Waals surface area contributed by atoms with Crippen LogP contribution in [0, 0.1) is 10.1 Å². The number of nitro benzene ring substituents is 1. The van der Waals surface area contributed by atoms with Crippen molar-refractivity contribution in [2.45, 2.75) is 11.8 Å². The summed E-state index contributed by atoms with van der Waals surface area (Å²) in [5, 5.41) is 13.9. The molecule has 0 aliphatic carbocycles. The minimum atomic E-state index is -0.666. The first-order valence-electron chi connectivity index (χ1n) is 5.99. The number of carbonyl (C=O) groups is 1. The molecule has 0 radical (unpaired) electrons. The Bertz CT molecular complexity index is 713. The summed E-state index contributed by atoms with van der Waals surface area (Å²) in [5.41, 5.74) is 0.614. The van der Waals surface area contributed by atoms with Gasteiger partial charge in [0.2, 0.25) is 0 Å². The van der Waals surface area contributed by atoms with Crippen LogP contribution in [0.3, 0.4) is 0 Å². The van der Waals surface area contributed by atoms with Crippen LogP contribution in [-0.4, -0.2) is 34.2 Å². The van der Waals surface area contributed by atoms with Gasteiger partial charge in [-0.25, -0.2) is 9.98 Å². The number of para-hydroxylation sites is 1. The lowest BCUT2D eigenvalue weighted by atomic mass is 10.2. The van der Waals surface area contributed by atoms with E-state index in [1.165, 1.54) is 24.2 Å². The molecule has 0 fully saturated rings. The van der Waals surface area contributed by atoms with Gasteiger partial charge in [0, 0.05) is 17.4 Å². The zero-order valence-corrected chi connectivity index (χ0v) is 11.4. The van der Waals surface area contributed by atoms with Gasteiger partial charge >= 0.3 is 0 Å². The van der Waals surface area contributed by atoms with Gasteiger partial charge in [-0.2, -0.15) is 0 Å². The Balaban J connectivity index is 1.74. The molecule has 2 aliphatic heterocycles. The highest BCUT2D eigenvalue weighted by Crippen LogP contribution is 2.24. The summed E-state index contributed by atoms with van der Waals surface area (Å²) in [7, 11) is 0. The molecule has 21 heavy (non-hydrogen) atoms. The zero-order chi connectivity index (χ0) is 14.8. The maximum Gasteiger partial charge on any atom is 0.273 e. The number of nitrogens with zero attached hydrogens (tertiary/aromatic N) is 4. The first-order chi connectivity index (χ1) is 10.1. The van der Waals surface area contributed by atoms with E-state index >= 15 is 0 Å². The van der Waals surface area contributed by atoms with E-state index in [0.29, 0.717) is 22.3 Å². The van der Waals surface area contributed by atoms with Crippen molar-refractivity contribution in [3.05, 3.63) is 39.9 Å². The minimum Gasteiger partial charge on any atom is -0.303 e. The Morgan fingerprint density at radius 2 is 2.19 bits per heavy atom. The van der Waals surface area contributed by atoms with Crippen molar-refractivity contribution in [1.82, 2.24) is 5.32 Å². The molecule has 106 valence electrons. The highest BCUT2D eigenvalue weighted by Gasteiger charge is 2.31. The van der Waals surface area contributed by atoms with E-state index in [0.717, 1.165) is 0 Å². The molecular formula is C12H9N5O3S. The third-order valence-electron chi connectivity index (χ3n) is 2.90. The standard InChI is InChI=1S/C12H9N5O3S/c18-11-9-10(14-6-13-9)15-12(16-11)21-5-7-3-1-2-4-8(7)17(19)20/h1-4,6,9H,5H2,(H,13,14,15,16,18). The topological polar surface area (TPSA) is 109 Å². The SMILES string of the molecule is O=C1NC(SCc2ccccc2[N+](=O)[O-])=NC2=NC=NC12. The summed E-state index contributed by atoms with van der Waals surface area (Å²) in [6.07, 6.45) is 1.30. The molecule has 1 amide bonds. The Labute approximate surface area is 123 Å². The lowest BCUT2D eigenvalue weighted by molar-refractivity contribution is -0.385. The average Bonchev–Trinajstić information content (AvgIpc) is 2.94. The van der Waals surface area contributed by atoms with Gasteiger partial charge in [-0.3, -0.25) is 19.9 Å². The number of amides is 1. The number of hydrogen-bond acceptors (Lipinski definition) is 7. The van der Waals surface area contributed by atoms with Gasteiger partial charge in [0.05, 0.1) is 4.92 Å². The molecule has 1 aromatic carbocycles. The molecular weight excluding hydrogens is 294 g/mol. The number of fused-ring (bicyclic) bond motifs is 1. The molecule has 0 saturated carbocycles. The highest BCUT2D eigenvalue weighted by molar-refractivity contribution is 8.13. The van der Waals surface area contributed by atoms with Gasteiger partial charge in [0.1, 0.15) is 6.34 Å². The number of carbonyl (C=O) groups excluding carboxylic acids is 1. The minimum absolute atomic E-state index is 0.0483. The Kier molecular flexibility index (Phi) is 3.48. The molecule has 1 atom stereocenters. The van der Waals surface area contributed by atoms with Gasteiger partial charge in [-0.1, -0.05) is 30.0 Å². The normalized spacial score (nSPS) is 19.6. The summed E-state index contributed by atoms with van der Waals surface area (Å²) >= 11 is 1.21. The second-order valence-corrected chi connectivity index (χ2v) is 5.20. The van der Waals surface area contributed by atoms with E-state index in [4.69, 9.17) is 0 Å². The average molecular weight is 303 g/mol. The first-order valence-corrected chi connectivity index (χ1v) is 6.97. The van der Waals surface area contributed by atoms with Crippen LogP contribution in [0.15, 0.2) is 39.2 Å².